The van der Waals surface area contributed by atoms with Gasteiger partial charge in [0.15, 0.2) is 0 Å². The topological polar surface area (TPSA) is 41.9 Å². The van der Waals surface area contributed by atoms with Crippen LogP contribution < -0.4 is 0 Å². The Bertz CT molecular complexity index is 481. The summed E-state index contributed by atoms with van der Waals surface area (Å²) in [5.41, 5.74) is 1.74. The van der Waals surface area contributed by atoms with E-state index in [2.05, 4.69) is 5.16 Å². The molecule has 0 N–H and O–H groups in total. The Hall–Kier alpha value is -1.55. The lowest BCUT2D eigenvalue weighted by Crippen LogP contribution is -2.39. The first-order valence-electron chi connectivity index (χ1n) is 6.43. The quantitative estimate of drug-likeness (QED) is 0.851. The van der Waals surface area contributed by atoms with Crippen LogP contribution in [0.1, 0.15) is 25.8 Å². The molecule has 19 heavy (non-hydrogen) atoms. The summed E-state index contributed by atoms with van der Waals surface area (Å²) in [5.74, 6) is -0.00212. The molecular formula is C14H17ClN2O2. The number of hydrogen-bond donors (Lipinski definition) is 0. The molecule has 0 bridgehead atoms. The number of amides is 1. The van der Waals surface area contributed by atoms with Crippen LogP contribution in [-0.2, 0) is 9.63 Å². The molecule has 2 rings (SSSR count). The second-order valence-electron chi connectivity index (χ2n) is 4.35. The predicted octanol–water partition coefficient (Wildman–Crippen LogP) is 2.70. The molecule has 5 heteroatoms. The van der Waals surface area contributed by atoms with Gasteiger partial charge in [-0.25, -0.2) is 0 Å². The summed E-state index contributed by atoms with van der Waals surface area (Å²) in [5, 5.41) is 4.69. The molecule has 0 aliphatic carbocycles. The summed E-state index contributed by atoms with van der Waals surface area (Å²) in [6.45, 7) is 5.28. The van der Waals surface area contributed by atoms with Crippen molar-refractivity contribution in [3.63, 3.8) is 0 Å². The third-order valence-corrected chi connectivity index (χ3v) is 3.45. The van der Waals surface area contributed by atoms with Gasteiger partial charge in [-0.05, 0) is 31.5 Å². The van der Waals surface area contributed by atoms with Crippen molar-refractivity contribution >= 4 is 23.2 Å². The van der Waals surface area contributed by atoms with E-state index in [1.807, 2.05) is 26.0 Å². The van der Waals surface area contributed by atoms with Gasteiger partial charge in [0, 0.05) is 24.5 Å². The first-order chi connectivity index (χ1) is 9.15. The number of carbonyl (C=O) groups excluding carboxylic acids is 1. The van der Waals surface area contributed by atoms with Crippen LogP contribution >= 0.6 is 11.6 Å². The van der Waals surface area contributed by atoms with E-state index in [1.54, 1.807) is 17.0 Å². The van der Waals surface area contributed by atoms with Crippen LogP contribution in [0.5, 0.6) is 0 Å². The highest BCUT2D eigenvalue weighted by Gasteiger charge is 2.31. The SMILES string of the molecule is CCN(CC)C(=O)[C@@H]1CC(c2ccc(Cl)cc2)=NO1. The molecule has 1 aliphatic heterocycles. The zero-order chi connectivity index (χ0) is 13.8. The molecule has 1 amide bonds. The molecule has 0 fully saturated rings. The number of carbonyl (C=O) groups is 1. The van der Waals surface area contributed by atoms with Gasteiger partial charge in [-0.1, -0.05) is 28.9 Å². The number of benzene rings is 1. The normalized spacial score (nSPS) is 17.8. The number of halogens is 1. The van der Waals surface area contributed by atoms with Crippen LogP contribution in [0, 0.1) is 0 Å². The molecule has 1 aromatic rings. The molecule has 1 aromatic carbocycles. The lowest BCUT2D eigenvalue weighted by Gasteiger charge is -2.20. The highest BCUT2D eigenvalue weighted by Crippen LogP contribution is 2.19. The molecule has 1 heterocycles. The molecule has 102 valence electrons. The first kappa shape index (κ1) is 13.9. The van der Waals surface area contributed by atoms with E-state index in [-0.39, 0.29) is 5.91 Å². The maximum atomic E-state index is 12.1. The van der Waals surface area contributed by atoms with Crippen molar-refractivity contribution in [2.24, 2.45) is 5.16 Å². The van der Waals surface area contributed by atoms with Crippen molar-refractivity contribution in [1.29, 1.82) is 0 Å². The average molecular weight is 281 g/mol. The van der Waals surface area contributed by atoms with Gasteiger partial charge in [0.2, 0.25) is 6.10 Å². The van der Waals surface area contributed by atoms with Gasteiger partial charge in [-0.2, -0.15) is 0 Å². The Labute approximate surface area is 118 Å². The van der Waals surface area contributed by atoms with Gasteiger partial charge in [0.05, 0.1) is 5.71 Å². The van der Waals surface area contributed by atoms with E-state index in [0.717, 1.165) is 11.3 Å². The number of rotatable bonds is 4. The summed E-state index contributed by atoms with van der Waals surface area (Å²) >= 11 is 5.84. The summed E-state index contributed by atoms with van der Waals surface area (Å²) in [6, 6.07) is 7.38. The highest BCUT2D eigenvalue weighted by atomic mass is 35.5. The van der Waals surface area contributed by atoms with Gasteiger partial charge in [0.1, 0.15) is 0 Å². The Kier molecular flexibility index (Phi) is 4.43. The summed E-state index contributed by atoms with van der Waals surface area (Å²) in [6.07, 6.45) is 0.0160. The van der Waals surface area contributed by atoms with Gasteiger partial charge in [-0.15, -0.1) is 0 Å². The average Bonchev–Trinajstić information content (AvgIpc) is 2.90. The standard InChI is InChI=1S/C14H17ClN2O2/c1-3-17(4-2)14(18)13-9-12(16-19-13)10-5-7-11(15)8-6-10/h5-8,13H,3-4,9H2,1-2H3/t13-/m0/s1. The van der Waals surface area contributed by atoms with Crippen LogP contribution in [0.25, 0.3) is 0 Å². The fourth-order valence-electron chi connectivity index (χ4n) is 2.06. The van der Waals surface area contributed by atoms with Crippen molar-refractivity contribution < 1.29 is 9.63 Å². The first-order valence-corrected chi connectivity index (χ1v) is 6.81. The maximum absolute atomic E-state index is 12.1. The van der Waals surface area contributed by atoms with Crippen LogP contribution in [0.3, 0.4) is 0 Å². The van der Waals surface area contributed by atoms with Gasteiger partial charge < -0.3 is 9.74 Å². The van der Waals surface area contributed by atoms with E-state index >= 15 is 0 Å². The summed E-state index contributed by atoms with van der Waals surface area (Å²) in [4.78, 5) is 19.2. The Morgan fingerprint density at radius 3 is 2.58 bits per heavy atom. The highest BCUT2D eigenvalue weighted by molar-refractivity contribution is 6.30. The second-order valence-corrected chi connectivity index (χ2v) is 4.79. The zero-order valence-corrected chi connectivity index (χ0v) is 11.9. The minimum absolute atomic E-state index is 0.00212. The molecule has 0 spiro atoms. The van der Waals surface area contributed by atoms with Crippen molar-refractivity contribution in [3.05, 3.63) is 34.9 Å². The van der Waals surface area contributed by atoms with Crippen molar-refractivity contribution in [1.82, 2.24) is 4.90 Å². The third kappa shape index (κ3) is 3.07. The van der Waals surface area contributed by atoms with Gasteiger partial charge in [0.25, 0.3) is 5.91 Å². The van der Waals surface area contributed by atoms with E-state index in [1.165, 1.54) is 0 Å². The Morgan fingerprint density at radius 2 is 2.00 bits per heavy atom. The van der Waals surface area contributed by atoms with Crippen molar-refractivity contribution in [2.75, 3.05) is 13.1 Å². The fraction of sp³-hybridized carbons (Fsp3) is 0.429. The molecule has 4 nitrogen and oxygen atoms in total. The molecule has 1 aliphatic rings. The summed E-state index contributed by atoms with van der Waals surface area (Å²) in [7, 11) is 0. The molecule has 0 saturated heterocycles. The van der Waals surface area contributed by atoms with Crippen molar-refractivity contribution in [3.8, 4) is 0 Å². The van der Waals surface area contributed by atoms with E-state index < -0.39 is 6.10 Å². The fourth-order valence-corrected chi connectivity index (χ4v) is 2.19. The van der Waals surface area contributed by atoms with Gasteiger partial charge in [-0.3, -0.25) is 4.79 Å². The lowest BCUT2D eigenvalue weighted by atomic mass is 10.0. The number of likely N-dealkylation sites (N-methyl/N-ethyl adjacent to an activating group) is 1. The minimum atomic E-state index is -0.495. The summed E-state index contributed by atoms with van der Waals surface area (Å²) < 4.78 is 0. The number of oxime groups is 1. The predicted molar refractivity (Wildman–Crippen MR) is 75.4 cm³/mol. The Balaban J connectivity index is 2.03. The monoisotopic (exact) mass is 280 g/mol. The van der Waals surface area contributed by atoms with Crippen LogP contribution in [0.4, 0.5) is 0 Å². The smallest absolute Gasteiger partial charge is 0.266 e. The Morgan fingerprint density at radius 1 is 1.37 bits per heavy atom. The van der Waals surface area contributed by atoms with Crippen LogP contribution in [0.2, 0.25) is 5.02 Å². The largest absolute Gasteiger partial charge is 0.382 e. The maximum Gasteiger partial charge on any atom is 0.266 e. The lowest BCUT2D eigenvalue weighted by molar-refractivity contribution is -0.141. The zero-order valence-electron chi connectivity index (χ0n) is 11.1. The van der Waals surface area contributed by atoms with Gasteiger partial charge >= 0.3 is 0 Å². The van der Waals surface area contributed by atoms with E-state index in [0.29, 0.717) is 24.5 Å². The van der Waals surface area contributed by atoms with E-state index in [9.17, 15) is 4.79 Å². The van der Waals surface area contributed by atoms with E-state index in [4.69, 9.17) is 16.4 Å². The molecule has 0 saturated carbocycles. The minimum Gasteiger partial charge on any atom is -0.382 e. The molecule has 0 radical (unpaired) electrons. The molecular weight excluding hydrogens is 264 g/mol. The number of nitrogens with zero attached hydrogens (tertiary/aromatic N) is 2. The van der Waals surface area contributed by atoms with Crippen molar-refractivity contribution in [2.45, 2.75) is 26.4 Å². The molecule has 1 atom stereocenters. The molecule has 0 unspecified atom stereocenters. The van der Waals surface area contributed by atoms with Crippen LogP contribution in [-0.4, -0.2) is 35.7 Å². The second kappa shape index (κ2) is 6.06. The van der Waals surface area contributed by atoms with Crippen LogP contribution in [0.15, 0.2) is 29.4 Å². The third-order valence-electron chi connectivity index (χ3n) is 3.20. The molecule has 0 aromatic heterocycles. The number of hydrogen-bond acceptors (Lipinski definition) is 3.